The molecule has 162 valence electrons. The van der Waals surface area contributed by atoms with Gasteiger partial charge in [0, 0.05) is 17.1 Å². The van der Waals surface area contributed by atoms with Crippen molar-refractivity contribution >= 4 is 34.9 Å². The predicted molar refractivity (Wildman–Crippen MR) is 127 cm³/mol. The van der Waals surface area contributed by atoms with E-state index in [1.165, 1.54) is 15.9 Å². The van der Waals surface area contributed by atoms with E-state index in [-0.39, 0.29) is 17.1 Å². The van der Waals surface area contributed by atoms with Crippen molar-refractivity contribution in [2.45, 2.75) is 0 Å². The van der Waals surface area contributed by atoms with Gasteiger partial charge in [0.2, 0.25) is 0 Å². The summed E-state index contributed by atoms with van der Waals surface area (Å²) in [6.45, 7) is 4.50. The fourth-order valence-corrected chi connectivity index (χ4v) is 5.21. The predicted octanol–water partition coefficient (Wildman–Crippen LogP) is 4.04. The van der Waals surface area contributed by atoms with Crippen molar-refractivity contribution in [1.82, 2.24) is 0 Å². The molecule has 3 nitrogen and oxygen atoms in total. The Hall–Kier alpha value is -2.19. The molecule has 6 heteroatoms. The van der Waals surface area contributed by atoms with Crippen LogP contribution in [-0.2, 0) is 32.8 Å². The molecular weight excluding hydrogens is 467 g/mol. The molecular formula is C25H24FeO3PS-. The van der Waals surface area contributed by atoms with Crippen LogP contribution < -0.4 is 15.9 Å². The fourth-order valence-electron chi connectivity index (χ4n) is 2.64. The average molecular weight is 491 g/mol. The van der Waals surface area contributed by atoms with Crippen molar-refractivity contribution in [1.29, 1.82) is 0 Å². The first-order chi connectivity index (χ1) is 14.7. The van der Waals surface area contributed by atoms with E-state index in [1.54, 1.807) is 0 Å². The maximum Gasteiger partial charge on any atom is 0.102 e. The molecule has 0 fully saturated rings. The zero-order chi connectivity index (χ0) is 22.0. The molecule has 0 saturated heterocycles. The summed E-state index contributed by atoms with van der Waals surface area (Å²) in [6.07, 6.45) is 1.08. The van der Waals surface area contributed by atoms with Crippen LogP contribution in [0, 0.1) is 6.65 Å². The smallest absolute Gasteiger partial charge is 0.102 e. The van der Waals surface area contributed by atoms with E-state index in [1.807, 2.05) is 30.3 Å². The number of hydrogen-bond acceptors (Lipinski definition) is 2. The Morgan fingerprint density at radius 1 is 0.710 bits per heavy atom. The van der Waals surface area contributed by atoms with Crippen LogP contribution in [0.3, 0.4) is 0 Å². The molecule has 0 spiro atoms. The van der Waals surface area contributed by atoms with Gasteiger partial charge in [-0.2, -0.15) is 18.2 Å². The standard InChI is InChI=1S/C18H15P.C5H5.CH4O2S.CO.Fe/c1-4-10-16(11-5-1)19(17-12-6-2-7-13-17)18-14-8-3-9-15-18;1-2-4-5-3-1;1-4(2)3;1-2;/h1-15H;1-5H;1H3,(H,2,3);;/q;-1;;;. The van der Waals surface area contributed by atoms with Crippen LogP contribution in [0.15, 0.2) is 121 Å². The molecule has 0 bridgehead atoms. The summed E-state index contributed by atoms with van der Waals surface area (Å²) in [7, 11) is -0.877. The maximum absolute atomic E-state index is 9.00. The summed E-state index contributed by atoms with van der Waals surface area (Å²) in [6, 6.07) is 42.5. The van der Waals surface area contributed by atoms with Gasteiger partial charge < -0.3 is 4.55 Å². The van der Waals surface area contributed by atoms with Crippen molar-refractivity contribution in [3.63, 3.8) is 0 Å². The topological polar surface area (TPSA) is 60.0 Å². The van der Waals surface area contributed by atoms with Gasteiger partial charge in [0.05, 0.1) is 7.92 Å². The van der Waals surface area contributed by atoms with E-state index in [0.29, 0.717) is 0 Å². The third-order valence-corrected chi connectivity index (χ3v) is 6.47. The zero-order valence-corrected chi connectivity index (χ0v) is 20.0. The normalized spacial score (nSPS) is 9.84. The van der Waals surface area contributed by atoms with Crippen LogP contribution >= 0.6 is 7.92 Å². The van der Waals surface area contributed by atoms with Crippen molar-refractivity contribution < 1.29 is 30.5 Å². The molecule has 1 unspecified atom stereocenters. The Bertz CT molecular complexity index is 832. The summed E-state index contributed by atoms with van der Waals surface area (Å²) in [5.41, 5.74) is 0. The Labute approximate surface area is 199 Å². The summed E-state index contributed by atoms with van der Waals surface area (Å²) < 4.78 is 25.5. The molecule has 0 amide bonds. The molecule has 31 heavy (non-hydrogen) atoms. The van der Waals surface area contributed by atoms with Gasteiger partial charge in [-0.15, -0.1) is 0 Å². The quantitative estimate of drug-likeness (QED) is 0.143. The second-order valence-electron chi connectivity index (χ2n) is 5.84. The van der Waals surface area contributed by atoms with E-state index in [9.17, 15) is 0 Å². The minimum atomic E-state index is -1.86. The number of benzene rings is 3. The van der Waals surface area contributed by atoms with E-state index in [0.717, 1.165) is 6.26 Å². The van der Waals surface area contributed by atoms with Gasteiger partial charge in [-0.1, -0.05) is 65.7 Å². The molecule has 0 aromatic heterocycles. The van der Waals surface area contributed by atoms with Crippen molar-refractivity contribution in [3.05, 3.63) is 128 Å². The molecule has 4 aromatic rings. The summed E-state index contributed by atoms with van der Waals surface area (Å²) in [4.78, 5) is 0. The van der Waals surface area contributed by atoms with Gasteiger partial charge in [0.15, 0.2) is 0 Å². The Morgan fingerprint density at radius 2 is 0.968 bits per heavy atom. The Morgan fingerprint density at radius 3 is 1.16 bits per heavy atom. The van der Waals surface area contributed by atoms with Gasteiger partial charge in [-0.05, 0) is 42.7 Å². The second kappa shape index (κ2) is 18.6. The molecule has 0 N–H and O–H groups in total. The molecule has 0 radical (unpaired) electrons. The fraction of sp³-hybridized carbons (Fsp3) is 0.0400. The first-order valence-corrected chi connectivity index (χ1v) is 12.1. The molecule has 1 atom stereocenters. The first kappa shape index (κ1) is 28.8. The number of hydrogen-bond donors (Lipinski definition) is 0. The largest absolute Gasteiger partial charge is 0.214 e. The zero-order valence-electron chi connectivity index (χ0n) is 17.0. The van der Waals surface area contributed by atoms with Crippen LogP contribution in [0.4, 0.5) is 0 Å². The third kappa shape index (κ3) is 12.3. The second-order valence-corrected chi connectivity index (χ2v) is 9.12. The van der Waals surface area contributed by atoms with Gasteiger partial charge in [0.25, 0.3) is 0 Å². The van der Waals surface area contributed by atoms with E-state index in [4.69, 9.17) is 13.4 Å². The molecule has 4 aromatic carbocycles. The summed E-state index contributed by atoms with van der Waals surface area (Å²) in [5.74, 6) is 0. The average Bonchev–Trinajstić information content (AvgIpc) is 3.38. The van der Waals surface area contributed by atoms with Gasteiger partial charge in [0.1, 0.15) is 15.9 Å². The molecule has 0 aliphatic rings. The first-order valence-electron chi connectivity index (χ1n) is 9.09. The van der Waals surface area contributed by atoms with Crippen LogP contribution in [0.25, 0.3) is 0 Å². The maximum atomic E-state index is 9.00. The Kier molecular flexibility index (Phi) is 17.3. The van der Waals surface area contributed by atoms with Crippen LogP contribution in [0.5, 0.6) is 0 Å². The third-order valence-electron chi connectivity index (χ3n) is 3.74. The van der Waals surface area contributed by atoms with Gasteiger partial charge >= 0.3 is 11.3 Å². The monoisotopic (exact) mass is 491 g/mol. The van der Waals surface area contributed by atoms with Crippen LogP contribution in [0.2, 0.25) is 0 Å². The van der Waals surface area contributed by atoms with E-state index < -0.39 is 19.0 Å². The SMILES string of the molecule is CS(=O)[O-].[C-]#[O+].[Fe].c1cc[cH-]c1.c1ccc([PH+](c2ccccc2)c2ccccc2)cc1. The van der Waals surface area contributed by atoms with Crippen molar-refractivity contribution in [3.8, 4) is 0 Å². The van der Waals surface area contributed by atoms with Crippen LogP contribution in [-0.4, -0.2) is 15.0 Å². The molecule has 0 aliphatic heterocycles. The van der Waals surface area contributed by atoms with Gasteiger partial charge in [-0.25, -0.2) is 12.1 Å². The summed E-state index contributed by atoms with van der Waals surface area (Å²) in [5, 5.41) is 4.31. The summed E-state index contributed by atoms with van der Waals surface area (Å²) >= 11 is -1.86. The van der Waals surface area contributed by atoms with Gasteiger partial charge in [-0.3, -0.25) is 4.21 Å². The molecule has 0 heterocycles. The minimum absolute atomic E-state index is 0. The van der Waals surface area contributed by atoms with Crippen molar-refractivity contribution in [2.24, 2.45) is 0 Å². The molecule has 0 saturated carbocycles. The molecule has 0 aliphatic carbocycles. The molecule has 4 rings (SSSR count). The van der Waals surface area contributed by atoms with E-state index >= 15 is 0 Å². The minimum Gasteiger partial charge on any atom is -0.214 e. The van der Waals surface area contributed by atoms with Crippen LogP contribution in [0.1, 0.15) is 0 Å². The number of rotatable bonds is 3. The van der Waals surface area contributed by atoms with E-state index in [2.05, 4.69) is 97.6 Å². The van der Waals surface area contributed by atoms with Crippen molar-refractivity contribution in [2.75, 3.05) is 6.26 Å². The Balaban J connectivity index is 0.000000626.